The van der Waals surface area contributed by atoms with Crippen LogP contribution in [-0.4, -0.2) is 18.1 Å². The lowest BCUT2D eigenvalue weighted by Gasteiger charge is -2.30. The Morgan fingerprint density at radius 3 is 2.73 bits per heavy atom. The summed E-state index contributed by atoms with van der Waals surface area (Å²) in [6, 6.07) is 14.7. The van der Waals surface area contributed by atoms with E-state index in [4.69, 9.17) is 17.0 Å². The number of thiocarbonyl (C=S) groups is 1. The smallest absolute Gasteiger partial charge is 0.255 e. The fourth-order valence-electron chi connectivity index (χ4n) is 2.87. The molecule has 0 unspecified atom stereocenters. The summed E-state index contributed by atoms with van der Waals surface area (Å²) in [6.45, 7) is 1.84. The van der Waals surface area contributed by atoms with E-state index in [1.807, 2.05) is 43.3 Å². The lowest BCUT2D eigenvalue weighted by Crippen LogP contribution is -2.45. The first-order chi connectivity index (χ1) is 12.5. The van der Waals surface area contributed by atoms with Crippen LogP contribution < -0.4 is 20.7 Å². The molecule has 5 nitrogen and oxygen atoms in total. The quantitative estimate of drug-likeness (QED) is 0.640. The number of allylic oxidation sites excluding steroid dienone is 1. The molecular formula is C19H18BrN3O2S. The molecule has 0 saturated heterocycles. The van der Waals surface area contributed by atoms with Gasteiger partial charge in [0.2, 0.25) is 0 Å². The molecule has 0 aromatic heterocycles. The van der Waals surface area contributed by atoms with Crippen LogP contribution in [0, 0.1) is 0 Å². The second-order valence-corrected chi connectivity index (χ2v) is 7.10. The molecule has 2 aromatic carbocycles. The normalized spacial score (nSPS) is 16.6. The predicted octanol–water partition coefficient (Wildman–Crippen LogP) is 3.89. The molecule has 0 aliphatic carbocycles. The van der Waals surface area contributed by atoms with Gasteiger partial charge in [0.1, 0.15) is 5.75 Å². The van der Waals surface area contributed by atoms with Gasteiger partial charge in [0.05, 0.1) is 24.4 Å². The van der Waals surface area contributed by atoms with Gasteiger partial charge < -0.3 is 20.7 Å². The Labute approximate surface area is 165 Å². The maximum Gasteiger partial charge on any atom is 0.255 e. The molecule has 1 aliphatic rings. The highest BCUT2D eigenvalue weighted by atomic mass is 79.9. The van der Waals surface area contributed by atoms with Crippen LogP contribution in [0.15, 0.2) is 64.3 Å². The van der Waals surface area contributed by atoms with E-state index in [1.165, 1.54) is 0 Å². The molecule has 0 bridgehead atoms. The van der Waals surface area contributed by atoms with Crippen molar-refractivity contribution < 1.29 is 9.53 Å². The highest BCUT2D eigenvalue weighted by molar-refractivity contribution is 9.10. The van der Waals surface area contributed by atoms with Gasteiger partial charge in [0.15, 0.2) is 5.11 Å². The lowest BCUT2D eigenvalue weighted by atomic mass is 9.95. The molecule has 0 spiro atoms. The SMILES string of the molecule is COc1ccccc1NC(=O)C1=C(C)NC(=S)N[C@H]1c1cccc(Br)c1. The summed E-state index contributed by atoms with van der Waals surface area (Å²) >= 11 is 8.76. The number of para-hydroxylation sites is 2. The molecule has 2 aromatic rings. The lowest BCUT2D eigenvalue weighted by molar-refractivity contribution is -0.113. The Morgan fingerprint density at radius 2 is 2.00 bits per heavy atom. The zero-order valence-corrected chi connectivity index (χ0v) is 16.7. The first-order valence-electron chi connectivity index (χ1n) is 7.97. The van der Waals surface area contributed by atoms with Gasteiger partial charge in [0.25, 0.3) is 5.91 Å². The molecule has 3 rings (SSSR count). The molecule has 1 amide bonds. The first kappa shape index (κ1) is 18.4. The van der Waals surface area contributed by atoms with Gasteiger partial charge in [0, 0.05) is 10.2 Å². The molecule has 134 valence electrons. The minimum Gasteiger partial charge on any atom is -0.495 e. The van der Waals surface area contributed by atoms with Crippen molar-refractivity contribution in [2.75, 3.05) is 12.4 Å². The van der Waals surface area contributed by atoms with Gasteiger partial charge in [-0.05, 0) is 49.0 Å². The van der Waals surface area contributed by atoms with Crippen molar-refractivity contribution in [3.63, 3.8) is 0 Å². The number of halogens is 1. The van der Waals surface area contributed by atoms with Crippen LogP contribution in [0.5, 0.6) is 5.75 Å². The number of carbonyl (C=O) groups excluding carboxylic acids is 1. The Hall–Kier alpha value is -2.38. The molecule has 1 atom stereocenters. The van der Waals surface area contributed by atoms with Crippen LogP contribution in [0.2, 0.25) is 0 Å². The molecule has 1 aliphatic heterocycles. The molecule has 0 radical (unpaired) electrons. The highest BCUT2D eigenvalue weighted by Crippen LogP contribution is 2.30. The van der Waals surface area contributed by atoms with E-state index in [9.17, 15) is 4.79 Å². The number of benzene rings is 2. The third-order valence-corrected chi connectivity index (χ3v) is 4.76. The standard InChI is InChI=1S/C19H18BrN3O2S/c1-11-16(18(24)22-14-8-3-4-9-15(14)25-2)17(23-19(26)21-11)12-6-5-7-13(20)10-12/h3-10,17H,1-2H3,(H,22,24)(H2,21,23,26)/t17-/m0/s1. The second kappa shape index (κ2) is 7.88. The zero-order chi connectivity index (χ0) is 18.7. The summed E-state index contributed by atoms with van der Waals surface area (Å²) in [6.07, 6.45) is 0. The number of rotatable bonds is 4. The second-order valence-electron chi connectivity index (χ2n) is 5.78. The fraction of sp³-hybridized carbons (Fsp3) is 0.158. The van der Waals surface area contributed by atoms with Crippen molar-refractivity contribution in [3.05, 3.63) is 69.8 Å². The third kappa shape index (κ3) is 3.89. The Balaban J connectivity index is 1.97. The fourth-order valence-corrected chi connectivity index (χ4v) is 3.56. The zero-order valence-electron chi connectivity index (χ0n) is 14.3. The number of hydrogen-bond acceptors (Lipinski definition) is 3. The van der Waals surface area contributed by atoms with Crippen LogP contribution in [-0.2, 0) is 4.79 Å². The molecule has 7 heteroatoms. The average Bonchev–Trinajstić information content (AvgIpc) is 2.61. The highest BCUT2D eigenvalue weighted by Gasteiger charge is 2.30. The summed E-state index contributed by atoms with van der Waals surface area (Å²) in [7, 11) is 1.57. The van der Waals surface area contributed by atoms with E-state index in [0.29, 0.717) is 27.8 Å². The summed E-state index contributed by atoms with van der Waals surface area (Å²) in [5, 5.41) is 9.64. The van der Waals surface area contributed by atoms with E-state index in [1.54, 1.807) is 19.2 Å². The summed E-state index contributed by atoms with van der Waals surface area (Å²) in [4.78, 5) is 13.1. The van der Waals surface area contributed by atoms with Gasteiger partial charge in [-0.2, -0.15) is 0 Å². The van der Waals surface area contributed by atoms with E-state index in [-0.39, 0.29) is 11.9 Å². The van der Waals surface area contributed by atoms with Crippen LogP contribution >= 0.6 is 28.1 Å². The Kier molecular flexibility index (Phi) is 5.58. The Bertz CT molecular complexity index is 898. The number of nitrogens with one attached hydrogen (secondary N) is 3. The van der Waals surface area contributed by atoms with Gasteiger partial charge in [-0.1, -0.05) is 40.2 Å². The summed E-state index contributed by atoms with van der Waals surface area (Å²) in [5.41, 5.74) is 2.84. The predicted molar refractivity (Wildman–Crippen MR) is 110 cm³/mol. The number of hydrogen-bond donors (Lipinski definition) is 3. The van der Waals surface area contributed by atoms with Gasteiger partial charge in [-0.25, -0.2) is 0 Å². The van der Waals surface area contributed by atoms with E-state index in [0.717, 1.165) is 10.0 Å². The minimum absolute atomic E-state index is 0.223. The van der Waals surface area contributed by atoms with Gasteiger partial charge in [-0.15, -0.1) is 0 Å². The number of carbonyl (C=O) groups is 1. The number of amides is 1. The number of ether oxygens (including phenoxy) is 1. The minimum atomic E-state index is -0.351. The van der Waals surface area contributed by atoms with Crippen molar-refractivity contribution in [2.24, 2.45) is 0 Å². The van der Waals surface area contributed by atoms with Crippen LogP contribution in [0.4, 0.5) is 5.69 Å². The maximum atomic E-state index is 13.1. The number of methoxy groups -OCH3 is 1. The van der Waals surface area contributed by atoms with Crippen molar-refractivity contribution in [1.82, 2.24) is 10.6 Å². The van der Waals surface area contributed by atoms with E-state index < -0.39 is 0 Å². The van der Waals surface area contributed by atoms with Gasteiger partial charge >= 0.3 is 0 Å². The summed E-state index contributed by atoms with van der Waals surface area (Å²) in [5.74, 6) is 0.379. The first-order valence-corrected chi connectivity index (χ1v) is 9.18. The van der Waals surface area contributed by atoms with Crippen molar-refractivity contribution in [3.8, 4) is 5.75 Å². The Morgan fingerprint density at radius 1 is 1.23 bits per heavy atom. The van der Waals surface area contributed by atoms with Crippen LogP contribution in [0.3, 0.4) is 0 Å². The third-order valence-electron chi connectivity index (χ3n) is 4.05. The van der Waals surface area contributed by atoms with Crippen molar-refractivity contribution in [1.29, 1.82) is 0 Å². The van der Waals surface area contributed by atoms with Crippen molar-refractivity contribution in [2.45, 2.75) is 13.0 Å². The number of anilines is 1. The van der Waals surface area contributed by atoms with Crippen LogP contribution in [0.25, 0.3) is 0 Å². The molecule has 1 heterocycles. The van der Waals surface area contributed by atoms with Crippen molar-refractivity contribution >= 4 is 44.9 Å². The molecule has 26 heavy (non-hydrogen) atoms. The molecule has 3 N–H and O–H groups in total. The maximum absolute atomic E-state index is 13.1. The van der Waals surface area contributed by atoms with E-state index in [2.05, 4.69) is 31.9 Å². The topological polar surface area (TPSA) is 62.4 Å². The average molecular weight is 432 g/mol. The molecule has 0 fully saturated rings. The summed E-state index contributed by atoms with van der Waals surface area (Å²) < 4.78 is 6.25. The molecular weight excluding hydrogens is 414 g/mol. The monoisotopic (exact) mass is 431 g/mol. The molecule has 0 saturated carbocycles. The van der Waals surface area contributed by atoms with Crippen LogP contribution in [0.1, 0.15) is 18.5 Å². The largest absolute Gasteiger partial charge is 0.495 e. The van der Waals surface area contributed by atoms with Gasteiger partial charge in [-0.3, -0.25) is 4.79 Å². The van der Waals surface area contributed by atoms with E-state index >= 15 is 0 Å².